The number of hydrogen-bond acceptors (Lipinski definition) is 4. The zero-order valence-electron chi connectivity index (χ0n) is 12.5. The molecule has 0 aliphatic rings. The molecule has 20 heavy (non-hydrogen) atoms. The molecule has 1 aromatic heterocycles. The Morgan fingerprint density at radius 1 is 1.25 bits per heavy atom. The Hall–Kier alpha value is -1.81. The van der Waals surface area contributed by atoms with Crippen molar-refractivity contribution in [2.75, 3.05) is 19.0 Å². The van der Waals surface area contributed by atoms with Crippen molar-refractivity contribution in [1.82, 2.24) is 4.98 Å². The first-order chi connectivity index (χ1) is 9.60. The molecule has 1 unspecified atom stereocenters. The van der Waals surface area contributed by atoms with E-state index in [1.165, 1.54) is 0 Å². The van der Waals surface area contributed by atoms with E-state index in [1.54, 1.807) is 13.4 Å². The molecule has 4 heteroatoms. The quantitative estimate of drug-likeness (QED) is 0.871. The molecule has 0 saturated carbocycles. The maximum atomic E-state index is 5.25. The molecule has 1 aromatic carbocycles. The molecular formula is C16H22N2O2. The highest BCUT2D eigenvalue weighted by atomic mass is 16.5. The Labute approximate surface area is 120 Å². The van der Waals surface area contributed by atoms with Crippen molar-refractivity contribution in [2.45, 2.75) is 26.8 Å². The molecule has 0 radical (unpaired) electrons. The van der Waals surface area contributed by atoms with Crippen LogP contribution in [0.15, 0.2) is 34.9 Å². The second-order valence-corrected chi connectivity index (χ2v) is 5.28. The number of nitrogens with one attached hydrogen (secondary N) is 1. The fourth-order valence-electron chi connectivity index (χ4n) is 2.03. The van der Waals surface area contributed by atoms with Crippen LogP contribution in [0.2, 0.25) is 0 Å². The molecule has 4 nitrogen and oxygen atoms in total. The lowest BCUT2D eigenvalue weighted by atomic mass is 10.0. The van der Waals surface area contributed by atoms with Crippen LogP contribution in [0.25, 0.3) is 11.3 Å². The zero-order valence-corrected chi connectivity index (χ0v) is 12.5. The standard InChI is InChI=1S/C16H22N2O2/c1-11(2)15(9-19-4)18-14-7-5-13(6-8-14)16-10-20-12(3)17-16/h5-8,10-11,15,18H,9H2,1-4H3. The number of ether oxygens (including phenoxy) is 1. The van der Waals surface area contributed by atoms with Gasteiger partial charge in [-0.05, 0) is 18.1 Å². The largest absolute Gasteiger partial charge is 0.449 e. The highest BCUT2D eigenvalue weighted by Gasteiger charge is 2.12. The van der Waals surface area contributed by atoms with E-state index < -0.39 is 0 Å². The van der Waals surface area contributed by atoms with Crippen LogP contribution in [0.4, 0.5) is 5.69 Å². The van der Waals surface area contributed by atoms with Crippen molar-refractivity contribution >= 4 is 5.69 Å². The van der Waals surface area contributed by atoms with Gasteiger partial charge in [0.1, 0.15) is 12.0 Å². The lowest BCUT2D eigenvalue weighted by molar-refractivity contribution is 0.171. The molecule has 2 rings (SSSR count). The Bertz CT molecular complexity index is 532. The van der Waals surface area contributed by atoms with Crippen LogP contribution in [0.3, 0.4) is 0 Å². The summed E-state index contributed by atoms with van der Waals surface area (Å²) in [7, 11) is 1.73. The van der Waals surface area contributed by atoms with E-state index in [1.807, 2.05) is 19.1 Å². The second kappa shape index (κ2) is 6.57. The molecule has 1 atom stereocenters. The first-order valence-corrected chi connectivity index (χ1v) is 6.88. The van der Waals surface area contributed by atoms with Gasteiger partial charge in [-0.2, -0.15) is 0 Å². The summed E-state index contributed by atoms with van der Waals surface area (Å²) in [6.45, 7) is 6.91. The third-order valence-electron chi connectivity index (χ3n) is 3.30. The van der Waals surface area contributed by atoms with Gasteiger partial charge in [-0.3, -0.25) is 0 Å². The summed E-state index contributed by atoms with van der Waals surface area (Å²) in [5.74, 6) is 1.19. The van der Waals surface area contributed by atoms with Crippen molar-refractivity contribution in [1.29, 1.82) is 0 Å². The number of methoxy groups -OCH3 is 1. The van der Waals surface area contributed by atoms with E-state index in [-0.39, 0.29) is 0 Å². The Kier molecular flexibility index (Phi) is 4.79. The molecule has 2 aromatic rings. The SMILES string of the molecule is COCC(Nc1ccc(-c2coc(C)n2)cc1)C(C)C. The average Bonchev–Trinajstić information content (AvgIpc) is 2.85. The highest BCUT2D eigenvalue weighted by molar-refractivity contribution is 5.62. The number of rotatable bonds is 6. The van der Waals surface area contributed by atoms with Gasteiger partial charge in [0, 0.05) is 25.3 Å². The van der Waals surface area contributed by atoms with Gasteiger partial charge in [0.05, 0.1) is 12.6 Å². The number of nitrogens with zero attached hydrogens (tertiary/aromatic N) is 1. The number of benzene rings is 1. The summed E-state index contributed by atoms with van der Waals surface area (Å²) in [6.07, 6.45) is 1.68. The zero-order chi connectivity index (χ0) is 14.5. The van der Waals surface area contributed by atoms with Crippen LogP contribution in [-0.2, 0) is 4.74 Å². The molecule has 1 heterocycles. The molecule has 0 saturated heterocycles. The van der Waals surface area contributed by atoms with Crippen LogP contribution in [0, 0.1) is 12.8 Å². The number of hydrogen-bond donors (Lipinski definition) is 1. The molecule has 0 aliphatic heterocycles. The lowest BCUT2D eigenvalue weighted by Gasteiger charge is -2.22. The molecule has 0 spiro atoms. The van der Waals surface area contributed by atoms with Crippen molar-refractivity contribution in [3.63, 3.8) is 0 Å². The molecule has 108 valence electrons. The summed E-state index contributed by atoms with van der Waals surface area (Å²) in [6, 6.07) is 8.52. The van der Waals surface area contributed by atoms with E-state index in [9.17, 15) is 0 Å². The van der Waals surface area contributed by atoms with E-state index in [2.05, 4.69) is 36.3 Å². The second-order valence-electron chi connectivity index (χ2n) is 5.28. The normalized spacial score (nSPS) is 12.7. The van der Waals surface area contributed by atoms with Crippen LogP contribution in [0.1, 0.15) is 19.7 Å². The number of aryl methyl sites for hydroxylation is 1. The third kappa shape index (κ3) is 3.61. The molecule has 0 fully saturated rings. The topological polar surface area (TPSA) is 47.3 Å². The first-order valence-electron chi connectivity index (χ1n) is 6.88. The fraction of sp³-hybridized carbons (Fsp3) is 0.438. The predicted octanol–water partition coefficient (Wildman–Crippen LogP) is 3.73. The van der Waals surface area contributed by atoms with Crippen LogP contribution in [-0.4, -0.2) is 24.7 Å². The third-order valence-corrected chi connectivity index (χ3v) is 3.30. The van der Waals surface area contributed by atoms with Gasteiger partial charge in [0.25, 0.3) is 0 Å². The van der Waals surface area contributed by atoms with E-state index in [4.69, 9.17) is 9.15 Å². The maximum absolute atomic E-state index is 5.25. The minimum absolute atomic E-state index is 0.306. The Morgan fingerprint density at radius 2 is 1.95 bits per heavy atom. The van der Waals surface area contributed by atoms with E-state index in [0.29, 0.717) is 24.5 Å². The van der Waals surface area contributed by atoms with Gasteiger partial charge in [0.15, 0.2) is 5.89 Å². The Balaban J connectivity index is 2.08. The van der Waals surface area contributed by atoms with E-state index in [0.717, 1.165) is 16.9 Å². The van der Waals surface area contributed by atoms with Gasteiger partial charge in [-0.25, -0.2) is 4.98 Å². The molecule has 1 N–H and O–H groups in total. The summed E-state index contributed by atoms with van der Waals surface area (Å²) < 4.78 is 10.5. The van der Waals surface area contributed by atoms with Gasteiger partial charge in [-0.15, -0.1) is 0 Å². The fourth-order valence-corrected chi connectivity index (χ4v) is 2.03. The Morgan fingerprint density at radius 3 is 2.45 bits per heavy atom. The van der Waals surface area contributed by atoms with Crippen molar-refractivity contribution in [3.8, 4) is 11.3 Å². The van der Waals surface area contributed by atoms with Crippen LogP contribution >= 0.6 is 0 Å². The van der Waals surface area contributed by atoms with Gasteiger partial charge >= 0.3 is 0 Å². The number of anilines is 1. The smallest absolute Gasteiger partial charge is 0.191 e. The minimum atomic E-state index is 0.306. The summed E-state index contributed by atoms with van der Waals surface area (Å²) >= 11 is 0. The van der Waals surface area contributed by atoms with Crippen molar-refractivity contribution < 1.29 is 9.15 Å². The molecule has 0 amide bonds. The molecular weight excluding hydrogens is 252 g/mol. The van der Waals surface area contributed by atoms with Gasteiger partial charge in [0.2, 0.25) is 0 Å². The number of oxazole rings is 1. The van der Waals surface area contributed by atoms with Crippen LogP contribution in [0.5, 0.6) is 0 Å². The van der Waals surface area contributed by atoms with Gasteiger partial charge in [-0.1, -0.05) is 26.0 Å². The average molecular weight is 274 g/mol. The summed E-state index contributed by atoms with van der Waals surface area (Å²) in [5.41, 5.74) is 3.01. The number of aromatic nitrogens is 1. The van der Waals surface area contributed by atoms with Gasteiger partial charge < -0.3 is 14.5 Å². The summed E-state index contributed by atoms with van der Waals surface area (Å²) in [5, 5.41) is 3.49. The van der Waals surface area contributed by atoms with Crippen molar-refractivity contribution in [3.05, 3.63) is 36.4 Å². The lowest BCUT2D eigenvalue weighted by Crippen LogP contribution is -2.30. The monoisotopic (exact) mass is 274 g/mol. The predicted molar refractivity (Wildman–Crippen MR) is 80.8 cm³/mol. The maximum Gasteiger partial charge on any atom is 0.191 e. The van der Waals surface area contributed by atoms with Crippen molar-refractivity contribution in [2.24, 2.45) is 5.92 Å². The minimum Gasteiger partial charge on any atom is -0.449 e. The summed E-state index contributed by atoms with van der Waals surface area (Å²) in [4.78, 5) is 4.32. The molecule has 0 bridgehead atoms. The van der Waals surface area contributed by atoms with E-state index >= 15 is 0 Å². The highest BCUT2D eigenvalue weighted by Crippen LogP contribution is 2.21. The molecule has 0 aliphatic carbocycles. The van der Waals surface area contributed by atoms with Crippen LogP contribution < -0.4 is 5.32 Å². The first kappa shape index (κ1) is 14.6.